The van der Waals surface area contributed by atoms with Crippen LogP contribution < -0.4 is 4.74 Å². The third kappa shape index (κ3) is 3.11. The van der Waals surface area contributed by atoms with Gasteiger partial charge in [0.2, 0.25) is 0 Å². The Morgan fingerprint density at radius 1 is 1.60 bits per heavy atom. The lowest BCUT2D eigenvalue weighted by molar-refractivity contribution is -0.144. The van der Waals surface area contributed by atoms with Crippen LogP contribution in [0.5, 0.6) is 5.75 Å². The maximum absolute atomic E-state index is 10.6. The second-order valence-electron chi connectivity index (χ2n) is 3.01. The largest absolute Gasteiger partial charge is 0.479 e. The lowest BCUT2D eigenvalue weighted by Crippen LogP contribution is -2.23. The van der Waals surface area contributed by atoms with Crippen LogP contribution in [0.2, 0.25) is 5.02 Å². The molecule has 0 fully saturated rings. The molecule has 2 N–H and O–H groups in total. The molecule has 1 rings (SSSR count). The van der Waals surface area contributed by atoms with Crippen molar-refractivity contribution in [3.63, 3.8) is 0 Å². The second-order valence-corrected chi connectivity index (χ2v) is 3.44. The fraction of sp³-hybridized carbons (Fsp3) is 0.300. The lowest BCUT2D eigenvalue weighted by Gasteiger charge is -2.13. The van der Waals surface area contributed by atoms with Gasteiger partial charge in [0.25, 0.3) is 0 Å². The SMILES string of the molecule is CC(Oc1ccc(Cl)cc1CO)C(=O)O. The number of aliphatic carboxylic acids is 1. The van der Waals surface area contributed by atoms with E-state index in [9.17, 15) is 4.79 Å². The van der Waals surface area contributed by atoms with Crippen molar-refractivity contribution in [2.45, 2.75) is 19.6 Å². The van der Waals surface area contributed by atoms with Gasteiger partial charge < -0.3 is 14.9 Å². The van der Waals surface area contributed by atoms with Gasteiger partial charge >= 0.3 is 5.97 Å². The van der Waals surface area contributed by atoms with E-state index in [0.717, 1.165) is 0 Å². The molecule has 0 spiro atoms. The first kappa shape index (κ1) is 11.8. The standard InChI is InChI=1S/C10H11ClO4/c1-6(10(13)14)15-9-3-2-8(11)4-7(9)5-12/h2-4,6,12H,5H2,1H3,(H,13,14). The van der Waals surface area contributed by atoms with Gasteiger partial charge in [-0.1, -0.05) is 11.6 Å². The molecular formula is C10H11ClO4. The van der Waals surface area contributed by atoms with Crippen LogP contribution in [-0.4, -0.2) is 22.3 Å². The highest BCUT2D eigenvalue weighted by Crippen LogP contribution is 2.23. The van der Waals surface area contributed by atoms with E-state index in [4.69, 9.17) is 26.6 Å². The zero-order valence-electron chi connectivity index (χ0n) is 8.11. The van der Waals surface area contributed by atoms with Crippen LogP contribution in [0.1, 0.15) is 12.5 Å². The van der Waals surface area contributed by atoms with E-state index in [-0.39, 0.29) is 6.61 Å². The van der Waals surface area contributed by atoms with Crippen LogP contribution in [0.25, 0.3) is 0 Å². The van der Waals surface area contributed by atoms with Gasteiger partial charge in [-0.3, -0.25) is 0 Å². The summed E-state index contributed by atoms with van der Waals surface area (Å²) in [6.07, 6.45) is -0.962. The Kier molecular flexibility index (Phi) is 3.94. The Morgan fingerprint density at radius 3 is 2.80 bits per heavy atom. The van der Waals surface area contributed by atoms with Crippen molar-refractivity contribution in [2.75, 3.05) is 0 Å². The molecule has 0 amide bonds. The number of hydrogen-bond donors (Lipinski definition) is 2. The molecule has 1 aromatic carbocycles. The number of carbonyl (C=O) groups is 1. The van der Waals surface area contributed by atoms with Gasteiger partial charge in [0.1, 0.15) is 5.75 Å². The Balaban J connectivity index is 2.89. The van der Waals surface area contributed by atoms with Gasteiger partial charge in [-0.25, -0.2) is 4.79 Å². The van der Waals surface area contributed by atoms with Gasteiger partial charge in [-0.2, -0.15) is 0 Å². The topological polar surface area (TPSA) is 66.8 Å². The van der Waals surface area contributed by atoms with E-state index in [2.05, 4.69) is 0 Å². The molecule has 15 heavy (non-hydrogen) atoms. The van der Waals surface area contributed by atoms with Gasteiger partial charge in [-0.05, 0) is 25.1 Å². The molecule has 0 aliphatic heterocycles. The fourth-order valence-electron chi connectivity index (χ4n) is 1.03. The third-order valence-corrected chi connectivity index (χ3v) is 2.08. The minimum atomic E-state index is -1.06. The first-order valence-electron chi connectivity index (χ1n) is 4.33. The smallest absolute Gasteiger partial charge is 0.344 e. The number of halogens is 1. The number of carboxylic acids is 1. The number of rotatable bonds is 4. The number of aliphatic hydroxyl groups excluding tert-OH is 1. The molecule has 0 saturated heterocycles. The Morgan fingerprint density at radius 2 is 2.27 bits per heavy atom. The van der Waals surface area contributed by atoms with Crippen LogP contribution in [-0.2, 0) is 11.4 Å². The number of ether oxygens (including phenoxy) is 1. The molecule has 1 aromatic rings. The van der Waals surface area contributed by atoms with Gasteiger partial charge in [0.05, 0.1) is 6.61 Å². The van der Waals surface area contributed by atoms with Crippen molar-refractivity contribution < 1.29 is 19.7 Å². The summed E-state index contributed by atoms with van der Waals surface area (Å²) in [6.45, 7) is 1.17. The molecule has 0 aliphatic carbocycles. The zero-order chi connectivity index (χ0) is 11.4. The van der Waals surface area contributed by atoms with Crippen LogP contribution in [0.4, 0.5) is 0 Å². The van der Waals surface area contributed by atoms with E-state index in [0.29, 0.717) is 16.3 Å². The summed E-state index contributed by atoms with van der Waals surface area (Å²) in [5, 5.41) is 18.1. The van der Waals surface area contributed by atoms with Gasteiger partial charge in [-0.15, -0.1) is 0 Å². The van der Waals surface area contributed by atoms with Crippen molar-refractivity contribution in [3.8, 4) is 5.75 Å². The molecule has 0 aromatic heterocycles. The van der Waals surface area contributed by atoms with E-state index in [1.807, 2.05) is 0 Å². The molecule has 4 nitrogen and oxygen atoms in total. The predicted octanol–water partition coefficient (Wildman–Crippen LogP) is 1.68. The maximum Gasteiger partial charge on any atom is 0.344 e. The molecule has 0 aliphatic rings. The van der Waals surface area contributed by atoms with E-state index in [1.165, 1.54) is 19.1 Å². The highest BCUT2D eigenvalue weighted by molar-refractivity contribution is 6.30. The fourth-order valence-corrected chi connectivity index (χ4v) is 1.22. The maximum atomic E-state index is 10.6. The average Bonchev–Trinajstić information content (AvgIpc) is 2.20. The minimum Gasteiger partial charge on any atom is -0.479 e. The van der Waals surface area contributed by atoms with Gasteiger partial charge in [0.15, 0.2) is 6.10 Å². The summed E-state index contributed by atoms with van der Waals surface area (Å²) < 4.78 is 5.13. The Hall–Kier alpha value is -1.26. The van der Waals surface area contributed by atoms with E-state index < -0.39 is 12.1 Å². The summed E-state index contributed by atoms with van der Waals surface area (Å²) >= 11 is 5.71. The van der Waals surface area contributed by atoms with Crippen molar-refractivity contribution in [1.82, 2.24) is 0 Å². The Bertz CT molecular complexity index is 364. The second kappa shape index (κ2) is 5.00. The first-order valence-corrected chi connectivity index (χ1v) is 4.71. The van der Waals surface area contributed by atoms with Crippen LogP contribution in [0, 0.1) is 0 Å². The molecular weight excluding hydrogens is 220 g/mol. The minimum absolute atomic E-state index is 0.248. The van der Waals surface area contributed by atoms with Gasteiger partial charge in [0, 0.05) is 10.6 Å². The average molecular weight is 231 g/mol. The Labute approximate surface area is 92.1 Å². The number of benzene rings is 1. The van der Waals surface area contributed by atoms with E-state index >= 15 is 0 Å². The van der Waals surface area contributed by atoms with Crippen LogP contribution in [0.3, 0.4) is 0 Å². The lowest BCUT2D eigenvalue weighted by atomic mass is 10.2. The van der Waals surface area contributed by atoms with E-state index in [1.54, 1.807) is 6.07 Å². The third-order valence-electron chi connectivity index (χ3n) is 1.84. The molecule has 0 bridgehead atoms. The summed E-state index contributed by atoms with van der Waals surface area (Å²) in [5.74, 6) is -0.731. The molecule has 1 unspecified atom stereocenters. The monoisotopic (exact) mass is 230 g/mol. The van der Waals surface area contributed by atoms with Crippen molar-refractivity contribution in [2.24, 2.45) is 0 Å². The van der Waals surface area contributed by atoms with Crippen LogP contribution >= 0.6 is 11.6 Å². The molecule has 0 saturated carbocycles. The molecule has 5 heteroatoms. The molecule has 0 radical (unpaired) electrons. The normalized spacial score (nSPS) is 12.2. The van der Waals surface area contributed by atoms with Crippen LogP contribution in [0.15, 0.2) is 18.2 Å². The highest BCUT2D eigenvalue weighted by atomic mass is 35.5. The van der Waals surface area contributed by atoms with Crippen molar-refractivity contribution in [3.05, 3.63) is 28.8 Å². The predicted molar refractivity (Wildman–Crippen MR) is 55.1 cm³/mol. The summed E-state index contributed by atoms with van der Waals surface area (Å²) in [5.41, 5.74) is 0.468. The number of hydrogen-bond acceptors (Lipinski definition) is 3. The number of aliphatic hydroxyl groups is 1. The molecule has 0 heterocycles. The highest BCUT2D eigenvalue weighted by Gasteiger charge is 2.14. The quantitative estimate of drug-likeness (QED) is 0.826. The molecule has 82 valence electrons. The summed E-state index contributed by atoms with van der Waals surface area (Å²) in [6, 6.07) is 4.64. The summed E-state index contributed by atoms with van der Waals surface area (Å²) in [4.78, 5) is 10.6. The zero-order valence-corrected chi connectivity index (χ0v) is 8.86. The first-order chi connectivity index (χ1) is 7.04. The summed E-state index contributed by atoms with van der Waals surface area (Å²) in [7, 11) is 0. The molecule has 1 atom stereocenters. The van der Waals surface area contributed by atoms with Crippen molar-refractivity contribution >= 4 is 17.6 Å². The number of carboxylic acid groups (broad SMARTS) is 1. The van der Waals surface area contributed by atoms with Crippen molar-refractivity contribution in [1.29, 1.82) is 0 Å².